The number of amides is 2. The molecule has 96 valence electrons. The van der Waals surface area contributed by atoms with Crippen molar-refractivity contribution in [2.45, 2.75) is 30.6 Å². The Morgan fingerprint density at radius 3 is 2.59 bits per heavy atom. The molecule has 0 radical (unpaired) electrons. The summed E-state index contributed by atoms with van der Waals surface area (Å²) < 4.78 is 22.1. The Morgan fingerprint density at radius 1 is 1.47 bits per heavy atom. The highest BCUT2D eigenvalue weighted by molar-refractivity contribution is 7.91. The highest BCUT2D eigenvalue weighted by atomic mass is 32.2. The van der Waals surface area contributed by atoms with Gasteiger partial charge in [-0.2, -0.15) is 0 Å². The highest BCUT2D eigenvalue weighted by Gasteiger charge is 2.11. The summed E-state index contributed by atoms with van der Waals surface area (Å²) in [6.45, 7) is 3.98. The van der Waals surface area contributed by atoms with Crippen molar-refractivity contribution in [1.29, 1.82) is 0 Å². The summed E-state index contributed by atoms with van der Waals surface area (Å²) in [5.41, 5.74) is 0. The number of nitrogens with two attached hydrogens (primary N) is 1. The van der Waals surface area contributed by atoms with Crippen molar-refractivity contribution in [2.24, 2.45) is 5.14 Å². The Labute approximate surface area is 104 Å². The van der Waals surface area contributed by atoms with E-state index in [1.165, 1.54) is 6.07 Å². The Kier molecular flexibility index (Phi) is 4.49. The molecule has 4 N–H and O–H groups in total. The zero-order chi connectivity index (χ0) is 13.1. The van der Waals surface area contributed by atoms with Crippen molar-refractivity contribution < 1.29 is 13.2 Å². The highest BCUT2D eigenvalue weighted by Crippen LogP contribution is 2.19. The van der Waals surface area contributed by atoms with Crippen LogP contribution in [0.1, 0.15) is 18.7 Å². The molecule has 1 aromatic rings. The quantitative estimate of drug-likeness (QED) is 0.751. The van der Waals surface area contributed by atoms with Crippen molar-refractivity contribution in [3.63, 3.8) is 0 Å². The maximum Gasteiger partial charge on any atom is 0.315 e. The molecule has 0 unspecified atom stereocenters. The average Bonchev–Trinajstić information content (AvgIpc) is 2.61. The number of urea groups is 1. The molecule has 0 spiro atoms. The van der Waals surface area contributed by atoms with Gasteiger partial charge in [0.05, 0.1) is 6.54 Å². The van der Waals surface area contributed by atoms with E-state index in [9.17, 15) is 13.2 Å². The minimum Gasteiger partial charge on any atom is -0.336 e. The molecule has 1 aromatic heterocycles. The van der Waals surface area contributed by atoms with Crippen LogP contribution in [0.4, 0.5) is 4.79 Å². The number of primary sulfonamides is 1. The number of carbonyl (C=O) groups is 1. The maximum atomic E-state index is 11.3. The van der Waals surface area contributed by atoms with Crippen LogP contribution in [0.15, 0.2) is 16.3 Å². The van der Waals surface area contributed by atoms with Gasteiger partial charge in [0.1, 0.15) is 4.21 Å². The van der Waals surface area contributed by atoms with Crippen LogP contribution in [0, 0.1) is 0 Å². The predicted molar refractivity (Wildman–Crippen MR) is 66.2 cm³/mol. The summed E-state index contributed by atoms with van der Waals surface area (Å²) in [4.78, 5) is 12.0. The average molecular weight is 277 g/mol. The van der Waals surface area contributed by atoms with E-state index in [0.717, 1.165) is 16.2 Å². The molecule has 0 saturated carbocycles. The largest absolute Gasteiger partial charge is 0.336 e. The van der Waals surface area contributed by atoms with Crippen molar-refractivity contribution in [2.75, 3.05) is 0 Å². The van der Waals surface area contributed by atoms with Crippen LogP contribution in [0.25, 0.3) is 0 Å². The molecule has 0 aliphatic rings. The molecule has 0 fully saturated rings. The summed E-state index contributed by atoms with van der Waals surface area (Å²) in [7, 11) is -3.65. The SMILES string of the molecule is CC(C)NC(=O)NCc1ccc(S(N)(=O)=O)s1. The monoisotopic (exact) mass is 277 g/mol. The van der Waals surface area contributed by atoms with Crippen LogP contribution in [0.3, 0.4) is 0 Å². The van der Waals surface area contributed by atoms with Gasteiger partial charge in [0, 0.05) is 10.9 Å². The summed E-state index contributed by atoms with van der Waals surface area (Å²) in [5.74, 6) is 0. The molecule has 0 aromatic carbocycles. The number of hydrogen-bond acceptors (Lipinski definition) is 4. The number of thiophene rings is 1. The first-order valence-electron chi connectivity index (χ1n) is 4.95. The van der Waals surface area contributed by atoms with E-state index in [4.69, 9.17) is 5.14 Å². The molecule has 2 amide bonds. The lowest BCUT2D eigenvalue weighted by molar-refractivity contribution is 0.238. The van der Waals surface area contributed by atoms with E-state index in [2.05, 4.69) is 10.6 Å². The Morgan fingerprint density at radius 2 is 2.12 bits per heavy atom. The Balaban J connectivity index is 2.54. The van der Waals surface area contributed by atoms with Gasteiger partial charge in [-0.05, 0) is 26.0 Å². The summed E-state index contributed by atoms with van der Waals surface area (Å²) in [6, 6.07) is 2.82. The number of hydrogen-bond donors (Lipinski definition) is 3. The first-order chi connectivity index (χ1) is 7.79. The van der Waals surface area contributed by atoms with Gasteiger partial charge >= 0.3 is 6.03 Å². The normalized spacial score (nSPS) is 11.5. The molecule has 0 aliphatic carbocycles. The minimum atomic E-state index is -3.65. The van der Waals surface area contributed by atoms with E-state index < -0.39 is 10.0 Å². The fourth-order valence-electron chi connectivity index (χ4n) is 1.09. The van der Waals surface area contributed by atoms with Gasteiger partial charge in [-0.15, -0.1) is 11.3 Å². The van der Waals surface area contributed by atoms with Gasteiger partial charge in [-0.3, -0.25) is 0 Å². The smallest absolute Gasteiger partial charge is 0.315 e. The predicted octanol–water partition coefficient (Wildman–Crippen LogP) is 0.603. The van der Waals surface area contributed by atoms with Crippen molar-refractivity contribution in [3.8, 4) is 0 Å². The third kappa shape index (κ3) is 4.72. The lowest BCUT2D eigenvalue weighted by Crippen LogP contribution is -2.38. The molecule has 1 rings (SSSR count). The second-order valence-corrected chi connectivity index (χ2v) is 6.70. The minimum absolute atomic E-state index is 0.0540. The summed E-state index contributed by atoms with van der Waals surface area (Å²) >= 11 is 1.05. The van der Waals surface area contributed by atoms with Gasteiger partial charge in [-0.25, -0.2) is 18.4 Å². The molecule has 0 aliphatic heterocycles. The van der Waals surface area contributed by atoms with E-state index >= 15 is 0 Å². The van der Waals surface area contributed by atoms with Crippen LogP contribution in [0.2, 0.25) is 0 Å². The van der Waals surface area contributed by atoms with Crippen LogP contribution >= 0.6 is 11.3 Å². The second kappa shape index (κ2) is 5.48. The first kappa shape index (κ1) is 13.9. The fourth-order valence-corrected chi connectivity index (χ4v) is 2.81. The topological polar surface area (TPSA) is 101 Å². The summed E-state index contributed by atoms with van der Waals surface area (Å²) in [6.07, 6.45) is 0. The fraction of sp³-hybridized carbons (Fsp3) is 0.444. The zero-order valence-electron chi connectivity index (χ0n) is 9.56. The Bertz CT molecular complexity index is 493. The third-order valence-electron chi connectivity index (χ3n) is 1.76. The van der Waals surface area contributed by atoms with Crippen molar-refractivity contribution >= 4 is 27.4 Å². The van der Waals surface area contributed by atoms with Crippen LogP contribution in [0.5, 0.6) is 0 Å². The molecular weight excluding hydrogens is 262 g/mol. The molecule has 6 nitrogen and oxygen atoms in total. The molecule has 8 heteroatoms. The van der Waals surface area contributed by atoms with E-state index in [1.807, 2.05) is 13.8 Å². The maximum absolute atomic E-state index is 11.3. The number of carbonyl (C=O) groups excluding carboxylic acids is 1. The van der Waals surface area contributed by atoms with Crippen LogP contribution < -0.4 is 15.8 Å². The van der Waals surface area contributed by atoms with Crippen LogP contribution in [-0.4, -0.2) is 20.5 Å². The van der Waals surface area contributed by atoms with Crippen LogP contribution in [-0.2, 0) is 16.6 Å². The number of rotatable bonds is 4. The van der Waals surface area contributed by atoms with Crippen molar-refractivity contribution in [1.82, 2.24) is 10.6 Å². The number of nitrogens with one attached hydrogen (secondary N) is 2. The molecular formula is C9H15N3O3S2. The van der Waals surface area contributed by atoms with Gasteiger partial charge < -0.3 is 10.6 Å². The molecule has 1 heterocycles. The second-order valence-electron chi connectivity index (χ2n) is 3.75. The molecule has 0 atom stereocenters. The zero-order valence-corrected chi connectivity index (χ0v) is 11.2. The molecule has 17 heavy (non-hydrogen) atoms. The van der Waals surface area contributed by atoms with Crippen molar-refractivity contribution in [3.05, 3.63) is 17.0 Å². The van der Waals surface area contributed by atoms with Gasteiger partial charge in [0.15, 0.2) is 0 Å². The van der Waals surface area contributed by atoms with Gasteiger partial charge in [-0.1, -0.05) is 0 Å². The van der Waals surface area contributed by atoms with Gasteiger partial charge in [0.2, 0.25) is 10.0 Å². The lowest BCUT2D eigenvalue weighted by Gasteiger charge is -2.08. The molecule has 0 saturated heterocycles. The lowest BCUT2D eigenvalue weighted by atomic mass is 10.4. The number of sulfonamides is 1. The Hall–Kier alpha value is -1.12. The van der Waals surface area contributed by atoms with E-state index in [-0.39, 0.29) is 22.8 Å². The third-order valence-corrected chi connectivity index (χ3v) is 4.28. The standard InChI is InChI=1S/C9H15N3O3S2/c1-6(2)12-9(13)11-5-7-3-4-8(16-7)17(10,14)15/h3-4,6H,5H2,1-2H3,(H2,10,14,15)(H2,11,12,13). The van der Waals surface area contributed by atoms with E-state index in [0.29, 0.717) is 0 Å². The molecule has 0 bridgehead atoms. The summed E-state index contributed by atoms with van der Waals surface area (Å²) in [5, 5.41) is 10.3. The van der Waals surface area contributed by atoms with E-state index in [1.54, 1.807) is 6.07 Å². The van der Waals surface area contributed by atoms with Gasteiger partial charge in [0.25, 0.3) is 0 Å². The first-order valence-corrected chi connectivity index (χ1v) is 7.31.